The number of ether oxygens (including phenoxy) is 7. The molecule has 8 atom stereocenters. The van der Waals surface area contributed by atoms with E-state index in [1.807, 2.05) is 39.8 Å². The standard InChI is InChI=1S/C13H20O3Si.C11H18O2Si.C10H16O3Si.2C6H8O2.C5H6O2.C5H9Si.C4H6O3.Li/c1-6-13(9-10-17(3,4)5)8-7-12(16-13)15-11(2)14;1-10-5-6-11(12,9-13-10)7-8-14(2,3)4;1-14(2,3)7-6-10(8-11)5-4-9(12)13-10;2*1-5-2-3-6(7)4-8-5;6-4-5-2-1-3-7-5;1-5-6(2,3)4;1-3(5)7-4(2)6;/h7-8,12H,6H2,1-5H3;5-6,10,12H,9H2,1-4H3;4-5,9,11-12H,8H2,1-3H3;2*2-3,5H,4H2,1H3;1-3,6H,4H2;2-4H3;1-2H3;/q;;;;;;-1;;+1/t12?,13-;10-,11-;9?,10-;5-;;;;;/m1111...../s1. The van der Waals surface area contributed by atoms with Gasteiger partial charge in [0.15, 0.2) is 34.7 Å². The normalized spacial score (nSPS) is 24.3. The minimum absolute atomic E-state index is 0. The molecule has 22 heteroatoms. The summed E-state index contributed by atoms with van der Waals surface area (Å²) < 4.78 is 39.8. The molecule has 0 radical (unpaired) electrons. The summed E-state index contributed by atoms with van der Waals surface area (Å²) in [6.45, 7) is 37.6. The molecule has 1 aromatic rings. The summed E-state index contributed by atoms with van der Waals surface area (Å²) in [6.07, 6.45) is 24.7. The Labute approximate surface area is 505 Å². The van der Waals surface area contributed by atoms with Gasteiger partial charge in [-0.3, -0.25) is 24.0 Å². The van der Waals surface area contributed by atoms with Crippen LogP contribution in [0.5, 0.6) is 0 Å². The van der Waals surface area contributed by atoms with E-state index in [1.54, 1.807) is 54.7 Å². The number of carbonyl (C=O) groups excluding carboxylic acids is 5. The first kappa shape index (κ1) is 81.5. The van der Waals surface area contributed by atoms with Gasteiger partial charge in [0.1, 0.15) is 49.8 Å². The predicted molar refractivity (Wildman–Crippen MR) is 324 cm³/mol. The molecule has 0 bridgehead atoms. The third-order valence-electron chi connectivity index (χ3n) is 9.40. The topological polar surface area (TPSA) is 244 Å². The molecule has 450 valence electrons. The predicted octanol–water partition coefficient (Wildman–Crippen LogP) is 4.95. The van der Waals surface area contributed by atoms with Gasteiger partial charge in [-0.05, 0) is 81.9 Å². The van der Waals surface area contributed by atoms with E-state index in [1.165, 1.54) is 33.1 Å². The van der Waals surface area contributed by atoms with Crippen LogP contribution in [0, 0.1) is 46.4 Å². The van der Waals surface area contributed by atoms with Crippen LogP contribution in [0.2, 0.25) is 78.6 Å². The van der Waals surface area contributed by atoms with E-state index in [0.717, 1.165) is 6.42 Å². The van der Waals surface area contributed by atoms with Crippen LogP contribution in [-0.4, -0.2) is 156 Å². The number of hydrogen-bond acceptors (Lipinski definition) is 17. The molecule has 82 heavy (non-hydrogen) atoms. The molecule has 0 spiro atoms. The van der Waals surface area contributed by atoms with Crippen LogP contribution in [0.15, 0.2) is 83.6 Å². The van der Waals surface area contributed by atoms with Crippen molar-refractivity contribution < 1.29 is 101 Å². The van der Waals surface area contributed by atoms with Crippen LogP contribution < -0.4 is 18.9 Å². The SMILES string of the molecule is CC(=O)OC(C)=O.CC1C=CC(=O)CO1.CC[C@]1(C#C[Si](C)(C)C)C=CC(OC(C)=O)O1.C[C@@H]1C=CC(=O)CO1.C[C@@H]1C=C[C@@](O)(C#C[Si](C)(C)C)CO1.C[Si](C)(C)C#C[C@@]1(CO)C=CC(O)O1.OCc1ccco1.[C-]#C[Si](C)(C)C.[Li+]. The van der Waals surface area contributed by atoms with E-state index < -0.39 is 73.6 Å². The molecule has 17 nitrogen and oxygen atoms in total. The molecule has 5 aliphatic heterocycles. The first-order chi connectivity index (χ1) is 37.1. The first-order valence-electron chi connectivity index (χ1n) is 26.4. The quantitative estimate of drug-likeness (QED) is 0.0778. The van der Waals surface area contributed by atoms with Gasteiger partial charge in [0.25, 0.3) is 0 Å². The van der Waals surface area contributed by atoms with E-state index in [0.29, 0.717) is 5.76 Å². The Morgan fingerprint density at radius 3 is 1.39 bits per heavy atom. The monoisotopic (exact) mass is 1200 g/mol. The number of hydrogen-bond donors (Lipinski definition) is 4. The third kappa shape index (κ3) is 44.8. The van der Waals surface area contributed by atoms with Crippen LogP contribution >= 0.6 is 0 Å². The summed E-state index contributed by atoms with van der Waals surface area (Å²) in [5.41, 5.74) is 9.43. The van der Waals surface area contributed by atoms with Crippen LogP contribution in [0.25, 0.3) is 0 Å². The molecule has 0 aliphatic carbocycles. The van der Waals surface area contributed by atoms with Crippen LogP contribution in [0.3, 0.4) is 0 Å². The van der Waals surface area contributed by atoms with E-state index in [2.05, 4.69) is 123 Å². The van der Waals surface area contributed by atoms with Crippen LogP contribution in [0.1, 0.15) is 60.6 Å². The zero-order chi connectivity index (χ0) is 62.9. The second-order valence-electron chi connectivity index (χ2n) is 22.8. The van der Waals surface area contributed by atoms with Gasteiger partial charge in [0, 0.05) is 20.8 Å². The van der Waals surface area contributed by atoms with Crippen molar-refractivity contribution in [3.8, 4) is 39.9 Å². The Kier molecular flexibility index (Phi) is 39.5. The zero-order valence-corrected chi connectivity index (χ0v) is 56.2. The van der Waals surface area contributed by atoms with E-state index in [-0.39, 0.29) is 87.7 Å². The molecule has 3 unspecified atom stereocenters. The van der Waals surface area contributed by atoms with E-state index in [4.69, 9.17) is 54.6 Å². The molecule has 0 aromatic carbocycles. The average Bonchev–Trinajstić information content (AvgIpc) is 4.14. The first-order valence-corrected chi connectivity index (χ1v) is 40.4. The Balaban J connectivity index is -0.000000892. The summed E-state index contributed by atoms with van der Waals surface area (Å²) in [5, 5.41) is 36.6. The van der Waals surface area contributed by atoms with Crippen molar-refractivity contribution in [2.24, 2.45) is 0 Å². The molecule has 0 saturated carbocycles. The van der Waals surface area contributed by atoms with Crippen molar-refractivity contribution in [1.29, 1.82) is 0 Å². The second kappa shape index (κ2) is 39.7. The fourth-order valence-corrected chi connectivity index (χ4v) is 6.95. The molecular formula is C60H91LiO17Si4. The Morgan fingerprint density at radius 2 is 1.11 bits per heavy atom. The maximum Gasteiger partial charge on any atom is 1.00 e. The van der Waals surface area contributed by atoms with Crippen molar-refractivity contribution >= 4 is 61.8 Å². The van der Waals surface area contributed by atoms with Gasteiger partial charge in [0.2, 0.25) is 6.29 Å². The summed E-state index contributed by atoms with van der Waals surface area (Å²) >= 11 is 0. The molecule has 0 amide bonds. The van der Waals surface area contributed by atoms with Gasteiger partial charge in [-0.1, -0.05) is 121 Å². The third-order valence-corrected chi connectivity index (χ3v) is 12.8. The number of aliphatic hydroxyl groups is 4. The second-order valence-corrected chi connectivity index (χ2v) is 41.8. The summed E-state index contributed by atoms with van der Waals surface area (Å²) in [7, 11) is -5.53. The fourth-order valence-electron chi connectivity index (χ4n) is 5.18. The van der Waals surface area contributed by atoms with Crippen molar-refractivity contribution in [3.63, 3.8) is 0 Å². The smallest absolute Gasteiger partial charge is 0.701 e. The Hall–Kier alpha value is -4.73. The zero-order valence-electron chi connectivity index (χ0n) is 52.2. The van der Waals surface area contributed by atoms with Gasteiger partial charge in [-0.25, -0.2) is 0 Å². The molecule has 0 saturated heterocycles. The minimum atomic E-state index is -1.48. The molecule has 4 N–H and O–H groups in total. The molecule has 1 aromatic heterocycles. The van der Waals surface area contributed by atoms with E-state index in [9.17, 15) is 29.1 Å². The van der Waals surface area contributed by atoms with Crippen LogP contribution in [-0.2, 0) is 63.7 Å². The molecule has 6 rings (SSSR count). The maximum absolute atomic E-state index is 10.9. The number of carbonyl (C=O) groups is 5. The number of aliphatic hydroxyl groups excluding tert-OH is 3. The van der Waals surface area contributed by atoms with Gasteiger partial charge in [0.05, 0.1) is 45.9 Å². The molecule has 0 fully saturated rings. The van der Waals surface area contributed by atoms with Crippen molar-refractivity contribution in [2.75, 3.05) is 26.4 Å². The fraction of sp³-hybridized carbons (Fsp3) is 0.550. The summed E-state index contributed by atoms with van der Waals surface area (Å²) in [5.74, 6) is 8.28. The van der Waals surface area contributed by atoms with Gasteiger partial charge < -0.3 is 70.0 Å². The maximum atomic E-state index is 10.9. The summed E-state index contributed by atoms with van der Waals surface area (Å²) in [6, 6.07) is 3.46. The Bertz CT molecular complexity index is 2480. The number of esters is 3. The molecule has 6 heterocycles. The van der Waals surface area contributed by atoms with Crippen LogP contribution in [0.4, 0.5) is 0 Å². The number of furan rings is 1. The van der Waals surface area contributed by atoms with Gasteiger partial charge in [-0.2, -0.15) is 0 Å². The minimum Gasteiger partial charge on any atom is -0.701 e. The van der Waals surface area contributed by atoms with Gasteiger partial charge >= 0.3 is 36.8 Å². The van der Waals surface area contributed by atoms with Crippen molar-refractivity contribution in [1.82, 2.24) is 0 Å². The largest absolute Gasteiger partial charge is 1.00 e. The van der Waals surface area contributed by atoms with Gasteiger partial charge in [-0.15, -0.1) is 16.6 Å². The number of ketones is 2. The molecular weight excluding hydrogens is 1110 g/mol. The summed E-state index contributed by atoms with van der Waals surface area (Å²) in [4.78, 5) is 51.3. The average molecular weight is 1200 g/mol. The van der Waals surface area contributed by atoms with Crippen molar-refractivity contribution in [3.05, 3.63) is 91.3 Å². The van der Waals surface area contributed by atoms with E-state index >= 15 is 0 Å². The van der Waals surface area contributed by atoms with Crippen molar-refractivity contribution in [2.45, 2.75) is 188 Å². The molecule has 5 aliphatic rings. The Morgan fingerprint density at radius 1 is 0.659 bits per heavy atom. The number of rotatable bonds is 4.